The molecule has 0 spiro atoms. The van der Waals surface area contributed by atoms with Crippen LogP contribution in [0.25, 0.3) is 0 Å². The molecule has 0 fully saturated rings. The average Bonchev–Trinajstić information content (AvgIpc) is 2.85. The van der Waals surface area contributed by atoms with Crippen LogP contribution in [0.15, 0.2) is 91.0 Å². The zero-order valence-electron chi connectivity index (χ0n) is 20.4. The maximum absolute atomic E-state index is 5.62. The second-order valence-electron chi connectivity index (χ2n) is 9.85. The van der Waals surface area contributed by atoms with Gasteiger partial charge >= 0.3 is 0 Å². The summed E-state index contributed by atoms with van der Waals surface area (Å²) in [6.45, 7) is 0.840. The number of rotatable bonds is 16. The molecule has 0 unspecified atom stereocenters. The summed E-state index contributed by atoms with van der Waals surface area (Å²) in [5.41, 5.74) is 10.2. The van der Waals surface area contributed by atoms with E-state index in [0.717, 1.165) is 25.8 Å². The highest BCUT2D eigenvalue weighted by Gasteiger charge is 2.30. The first-order valence-electron chi connectivity index (χ1n) is 13.1. The predicted octanol–water partition coefficient (Wildman–Crippen LogP) is 8.17. The van der Waals surface area contributed by atoms with E-state index in [-0.39, 0.29) is 5.41 Å². The first-order valence-corrected chi connectivity index (χ1v) is 13.1. The van der Waals surface area contributed by atoms with Gasteiger partial charge in [0, 0.05) is 0 Å². The van der Waals surface area contributed by atoms with Crippen LogP contribution in [-0.2, 0) is 19.3 Å². The minimum Gasteiger partial charge on any atom is -0.330 e. The topological polar surface area (TPSA) is 26.0 Å². The maximum atomic E-state index is 5.62. The molecule has 0 aliphatic rings. The van der Waals surface area contributed by atoms with Crippen molar-refractivity contribution in [3.05, 3.63) is 108 Å². The van der Waals surface area contributed by atoms with Gasteiger partial charge in [0.1, 0.15) is 0 Å². The van der Waals surface area contributed by atoms with Gasteiger partial charge in [-0.3, -0.25) is 0 Å². The highest BCUT2D eigenvalue weighted by Crippen LogP contribution is 2.37. The van der Waals surface area contributed by atoms with Gasteiger partial charge in [0.05, 0.1) is 0 Å². The highest BCUT2D eigenvalue weighted by atomic mass is 14.5. The molecule has 33 heavy (non-hydrogen) atoms. The molecular weight excluding hydrogens is 398 g/mol. The Hall–Kier alpha value is -2.38. The van der Waals surface area contributed by atoms with Crippen molar-refractivity contribution in [2.24, 2.45) is 11.1 Å². The molecule has 1 nitrogen and oxygen atoms in total. The second kappa shape index (κ2) is 14.7. The number of hydrogen-bond donors (Lipinski definition) is 1. The van der Waals surface area contributed by atoms with Crippen molar-refractivity contribution < 1.29 is 0 Å². The first-order chi connectivity index (χ1) is 16.3. The SMILES string of the molecule is NCCCCCCCCCCC(Cc1ccccc1)(Cc1ccccc1)Cc1ccccc1. The van der Waals surface area contributed by atoms with E-state index in [2.05, 4.69) is 91.0 Å². The number of benzene rings is 3. The van der Waals surface area contributed by atoms with E-state index in [1.807, 2.05) is 0 Å². The molecular formula is C32H43N. The molecule has 3 aromatic rings. The second-order valence-corrected chi connectivity index (χ2v) is 9.85. The Balaban J connectivity index is 1.69. The normalized spacial score (nSPS) is 11.5. The Morgan fingerprint density at radius 1 is 0.424 bits per heavy atom. The summed E-state index contributed by atoms with van der Waals surface area (Å²) >= 11 is 0. The Morgan fingerprint density at radius 2 is 0.758 bits per heavy atom. The van der Waals surface area contributed by atoms with Crippen LogP contribution >= 0.6 is 0 Å². The summed E-state index contributed by atoms with van der Waals surface area (Å²) in [6, 6.07) is 33.4. The van der Waals surface area contributed by atoms with Crippen molar-refractivity contribution in [3.63, 3.8) is 0 Å². The van der Waals surface area contributed by atoms with Gasteiger partial charge in [-0.2, -0.15) is 0 Å². The van der Waals surface area contributed by atoms with E-state index in [1.165, 1.54) is 74.5 Å². The largest absolute Gasteiger partial charge is 0.330 e. The Kier molecular flexibility index (Phi) is 11.2. The van der Waals surface area contributed by atoms with E-state index in [0.29, 0.717) is 0 Å². The molecule has 2 N–H and O–H groups in total. The molecule has 0 saturated heterocycles. The van der Waals surface area contributed by atoms with Gasteiger partial charge in [0.15, 0.2) is 0 Å². The van der Waals surface area contributed by atoms with Crippen molar-refractivity contribution in [1.29, 1.82) is 0 Å². The van der Waals surface area contributed by atoms with E-state index in [4.69, 9.17) is 5.73 Å². The van der Waals surface area contributed by atoms with E-state index in [9.17, 15) is 0 Å². The maximum Gasteiger partial charge on any atom is -0.00773 e. The predicted molar refractivity (Wildman–Crippen MR) is 143 cm³/mol. The van der Waals surface area contributed by atoms with Gasteiger partial charge in [-0.25, -0.2) is 0 Å². The summed E-state index contributed by atoms with van der Waals surface area (Å²) in [5.74, 6) is 0. The number of hydrogen-bond acceptors (Lipinski definition) is 1. The third kappa shape index (κ3) is 9.56. The van der Waals surface area contributed by atoms with Crippen molar-refractivity contribution in [3.8, 4) is 0 Å². The molecule has 0 radical (unpaired) electrons. The van der Waals surface area contributed by atoms with Gasteiger partial charge in [-0.1, -0.05) is 136 Å². The molecule has 0 aliphatic carbocycles. The molecule has 0 amide bonds. The van der Waals surface area contributed by atoms with Gasteiger partial charge in [0.2, 0.25) is 0 Å². The Labute approximate surface area is 202 Å². The van der Waals surface area contributed by atoms with Gasteiger partial charge in [-0.05, 0) is 60.8 Å². The lowest BCUT2D eigenvalue weighted by molar-refractivity contribution is 0.243. The van der Waals surface area contributed by atoms with Crippen LogP contribution in [0, 0.1) is 5.41 Å². The lowest BCUT2D eigenvalue weighted by atomic mass is 9.69. The van der Waals surface area contributed by atoms with Gasteiger partial charge in [0.25, 0.3) is 0 Å². The van der Waals surface area contributed by atoms with Crippen molar-refractivity contribution in [2.75, 3.05) is 6.54 Å². The standard InChI is InChI=1S/C32H43N/c33-25-17-6-4-2-1-3-5-16-24-32(26-29-18-10-7-11-19-29,27-30-20-12-8-13-21-30)28-31-22-14-9-15-23-31/h7-15,18-23H,1-6,16-17,24-28,33H2. The lowest BCUT2D eigenvalue weighted by Gasteiger charge is -2.35. The number of nitrogens with two attached hydrogens (primary N) is 1. The lowest BCUT2D eigenvalue weighted by Crippen LogP contribution is -2.30. The van der Waals surface area contributed by atoms with Crippen LogP contribution in [0.4, 0.5) is 0 Å². The van der Waals surface area contributed by atoms with Crippen LogP contribution in [0.5, 0.6) is 0 Å². The highest BCUT2D eigenvalue weighted by molar-refractivity contribution is 5.24. The van der Waals surface area contributed by atoms with Crippen molar-refractivity contribution in [1.82, 2.24) is 0 Å². The minimum absolute atomic E-state index is 0.241. The zero-order valence-corrected chi connectivity index (χ0v) is 20.4. The summed E-state index contributed by atoms with van der Waals surface area (Å²) in [6.07, 6.45) is 15.3. The molecule has 1 heteroatoms. The van der Waals surface area contributed by atoms with Crippen molar-refractivity contribution in [2.45, 2.75) is 77.0 Å². The van der Waals surface area contributed by atoms with Gasteiger partial charge in [-0.15, -0.1) is 0 Å². The fourth-order valence-electron chi connectivity index (χ4n) is 5.24. The molecule has 0 aromatic heterocycles. The minimum atomic E-state index is 0.241. The fourth-order valence-corrected chi connectivity index (χ4v) is 5.24. The molecule has 0 atom stereocenters. The molecule has 0 bridgehead atoms. The van der Waals surface area contributed by atoms with Crippen LogP contribution in [0.1, 0.15) is 74.5 Å². The smallest absolute Gasteiger partial charge is 0.00773 e. The van der Waals surface area contributed by atoms with Crippen molar-refractivity contribution >= 4 is 0 Å². The first kappa shape index (κ1) is 25.2. The zero-order chi connectivity index (χ0) is 23.0. The van der Waals surface area contributed by atoms with Crippen LogP contribution < -0.4 is 5.73 Å². The van der Waals surface area contributed by atoms with E-state index in [1.54, 1.807) is 0 Å². The Morgan fingerprint density at radius 3 is 1.12 bits per heavy atom. The average molecular weight is 442 g/mol. The molecule has 0 aliphatic heterocycles. The summed E-state index contributed by atoms with van der Waals surface area (Å²) in [5, 5.41) is 0. The summed E-state index contributed by atoms with van der Waals surface area (Å²) < 4.78 is 0. The summed E-state index contributed by atoms with van der Waals surface area (Å²) in [4.78, 5) is 0. The third-order valence-electron chi connectivity index (χ3n) is 6.93. The van der Waals surface area contributed by atoms with E-state index < -0.39 is 0 Å². The third-order valence-corrected chi connectivity index (χ3v) is 6.93. The van der Waals surface area contributed by atoms with Crippen LogP contribution in [0.3, 0.4) is 0 Å². The van der Waals surface area contributed by atoms with Crippen LogP contribution in [0.2, 0.25) is 0 Å². The Bertz CT molecular complexity index is 755. The van der Waals surface area contributed by atoms with Gasteiger partial charge < -0.3 is 5.73 Å². The quantitative estimate of drug-likeness (QED) is 0.223. The van der Waals surface area contributed by atoms with E-state index >= 15 is 0 Å². The number of unbranched alkanes of at least 4 members (excludes halogenated alkanes) is 7. The molecule has 0 saturated carbocycles. The summed E-state index contributed by atoms with van der Waals surface area (Å²) in [7, 11) is 0. The molecule has 3 aromatic carbocycles. The monoisotopic (exact) mass is 441 g/mol. The van der Waals surface area contributed by atoms with Crippen LogP contribution in [-0.4, -0.2) is 6.54 Å². The molecule has 176 valence electrons. The molecule has 3 rings (SSSR count). The fraction of sp³-hybridized carbons (Fsp3) is 0.438. The molecule has 0 heterocycles.